The fourth-order valence-electron chi connectivity index (χ4n) is 1.88. The maximum atomic E-state index is 10.0. The summed E-state index contributed by atoms with van der Waals surface area (Å²) in [6.07, 6.45) is 6.27. The average molecular weight is 245 g/mol. The molecule has 0 aliphatic rings. The number of rotatable bonds is 5. The van der Waals surface area contributed by atoms with Gasteiger partial charge >= 0.3 is 0 Å². The van der Waals surface area contributed by atoms with Crippen molar-refractivity contribution in [2.45, 2.75) is 38.8 Å². The van der Waals surface area contributed by atoms with Gasteiger partial charge in [0.15, 0.2) is 0 Å². The van der Waals surface area contributed by atoms with Crippen molar-refractivity contribution in [1.82, 2.24) is 14.8 Å². The number of pyridine rings is 1. The van der Waals surface area contributed by atoms with E-state index in [1.165, 1.54) is 0 Å². The Bertz CT molecular complexity index is 479. The quantitative estimate of drug-likeness (QED) is 0.876. The van der Waals surface area contributed by atoms with Crippen LogP contribution >= 0.6 is 0 Å². The van der Waals surface area contributed by atoms with Gasteiger partial charge in [-0.25, -0.2) is 0 Å². The van der Waals surface area contributed by atoms with Crippen molar-refractivity contribution >= 4 is 0 Å². The molecule has 0 aliphatic carbocycles. The molecular weight excluding hydrogens is 226 g/mol. The number of hydrogen-bond acceptors (Lipinski definition) is 3. The third kappa shape index (κ3) is 3.40. The minimum atomic E-state index is -0.400. The van der Waals surface area contributed by atoms with Crippen LogP contribution in [0.4, 0.5) is 0 Å². The molecule has 96 valence electrons. The van der Waals surface area contributed by atoms with Crippen LogP contribution in [0.15, 0.2) is 36.8 Å². The van der Waals surface area contributed by atoms with Crippen LogP contribution in [0, 0.1) is 0 Å². The van der Waals surface area contributed by atoms with Gasteiger partial charge in [-0.15, -0.1) is 0 Å². The maximum Gasteiger partial charge on any atom is 0.0650 e. The van der Waals surface area contributed by atoms with E-state index in [4.69, 9.17) is 0 Å². The number of aliphatic hydroxyl groups is 1. The molecule has 4 nitrogen and oxygen atoms in total. The summed E-state index contributed by atoms with van der Waals surface area (Å²) in [5, 5.41) is 14.5. The first-order valence-corrected chi connectivity index (χ1v) is 6.26. The Morgan fingerprint density at radius 3 is 2.50 bits per heavy atom. The first-order valence-electron chi connectivity index (χ1n) is 6.26. The van der Waals surface area contributed by atoms with Crippen molar-refractivity contribution in [2.24, 2.45) is 0 Å². The predicted molar refractivity (Wildman–Crippen MR) is 70.3 cm³/mol. The average Bonchev–Trinajstić information content (AvgIpc) is 2.78. The van der Waals surface area contributed by atoms with Gasteiger partial charge in [-0.05, 0) is 44.0 Å². The van der Waals surface area contributed by atoms with Crippen LogP contribution in [0.25, 0.3) is 0 Å². The van der Waals surface area contributed by atoms with Gasteiger partial charge in [0.05, 0.1) is 11.8 Å². The van der Waals surface area contributed by atoms with Crippen LogP contribution in [0.3, 0.4) is 0 Å². The first-order chi connectivity index (χ1) is 8.65. The molecule has 2 heterocycles. The third-order valence-electron chi connectivity index (χ3n) is 2.86. The van der Waals surface area contributed by atoms with Gasteiger partial charge in [0, 0.05) is 31.1 Å². The summed E-state index contributed by atoms with van der Waals surface area (Å²) in [5.74, 6) is 0. The van der Waals surface area contributed by atoms with Crippen LogP contribution in [-0.2, 0) is 12.8 Å². The Morgan fingerprint density at radius 2 is 1.89 bits per heavy atom. The molecule has 18 heavy (non-hydrogen) atoms. The summed E-state index contributed by atoms with van der Waals surface area (Å²) in [6.45, 7) is 4.17. The predicted octanol–water partition coefficient (Wildman–Crippen LogP) is 2.01. The standard InChI is InChI=1S/C14H19N3O/c1-11(2)17-8-5-13(16-17)10-14(18)9-12-3-6-15-7-4-12/h3-8,11,14,18H,9-10H2,1-2H3. The molecule has 0 radical (unpaired) electrons. The summed E-state index contributed by atoms with van der Waals surface area (Å²) in [7, 11) is 0. The van der Waals surface area contributed by atoms with E-state index in [9.17, 15) is 5.11 Å². The number of nitrogens with zero attached hydrogens (tertiary/aromatic N) is 3. The summed E-state index contributed by atoms with van der Waals surface area (Å²) >= 11 is 0. The van der Waals surface area contributed by atoms with Crippen LogP contribution in [0.2, 0.25) is 0 Å². The summed E-state index contributed by atoms with van der Waals surface area (Å²) in [6, 6.07) is 6.18. The number of aliphatic hydroxyl groups excluding tert-OH is 1. The van der Waals surface area contributed by atoms with Gasteiger partial charge in [0.2, 0.25) is 0 Å². The Balaban J connectivity index is 1.92. The Morgan fingerprint density at radius 1 is 1.17 bits per heavy atom. The van der Waals surface area contributed by atoms with Crippen molar-refractivity contribution in [1.29, 1.82) is 0 Å². The third-order valence-corrected chi connectivity index (χ3v) is 2.86. The fraction of sp³-hybridized carbons (Fsp3) is 0.429. The van der Waals surface area contributed by atoms with Gasteiger partial charge in [0.1, 0.15) is 0 Å². The first kappa shape index (κ1) is 12.8. The molecule has 0 amide bonds. The van der Waals surface area contributed by atoms with Crippen molar-refractivity contribution in [3.63, 3.8) is 0 Å². The van der Waals surface area contributed by atoms with Crippen molar-refractivity contribution in [2.75, 3.05) is 0 Å². The lowest BCUT2D eigenvalue weighted by atomic mass is 10.1. The highest BCUT2D eigenvalue weighted by Gasteiger charge is 2.09. The molecule has 2 aromatic rings. The van der Waals surface area contributed by atoms with Gasteiger partial charge in [-0.2, -0.15) is 5.10 Å². The Hall–Kier alpha value is -1.68. The smallest absolute Gasteiger partial charge is 0.0650 e. The molecule has 0 saturated heterocycles. The van der Waals surface area contributed by atoms with Gasteiger partial charge in [-0.1, -0.05) is 0 Å². The molecule has 1 atom stereocenters. The molecule has 4 heteroatoms. The van der Waals surface area contributed by atoms with Gasteiger partial charge in [-0.3, -0.25) is 9.67 Å². The molecule has 0 saturated carbocycles. The van der Waals surface area contributed by atoms with Crippen LogP contribution in [0.1, 0.15) is 31.1 Å². The monoisotopic (exact) mass is 245 g/mol. The highest BCUT2D eigenvalue weighted by atomic mass is 16.3. The highest BCUT2D eigenvalue weighted by molar-refractivity contribution is 5.12. The summed E-state index contributed by atoms with van der Waals surface area (Å²) < 4.78 is 1.91. The molecule has 0 bridgehead atoms. The zero-order valence-electron chi connectivity index (χ0n) is 10.8. The van der Waals surface area contributed by atoms with Gasteiger partial charge in [0.25, 0.3) is 0 Å². The van der Waals surface area contributed by atoms with Crippen molar-refractivity contribution in [3.8, 4) is 0 Å². The molecule has 1 unspecified atom stereocenters. The summed E-state index contributed by atoms with van der Waals surface area (Å²) in [5.41, 5.74) is 2.03. The second-order valence-corrected chi connectivity index (χ2v) is 4.80. The molecule has 0 fully saturated rings. The van der Waals surface area contributed by atoms with Crippen molar-refractivity contribution in [3.05, 3.63) is 48.0 Å². The molecule has 2 aromatic heterocycles. The minimum absolute atomic E-state index is 0.357. The van der Waals surface area contributed by atoms with E-state index < -0.39 is 6.10 Å². The second-order valence-electron chi connectivity index (χ2n) is 4.80. The zero-order chi connectivity index (χ0) is 13.0. The zero-order valence-corrected chi connectivity index (χ0v) is 10.8. The maximum absolute atomic E-state index is 10.0. The molecule has 0 aromatic carbocycles. The lowest BCUT2D eigenvalue weighted by Crippen LogP contribution is -2.14. The van der Waals surface area contributed by atoms with E-state index in [0.29, 0.717) is 18.9 Å². The van der Waals surface area contributed by atoms with E-state index in [2.05, 4.69) is 23.9 Å². The molecule has 2 rings (SSSR count). The minimum Gasteiger partial charge on any atom is -0.392 e. The molecule has 1 N–H and O–H groups in total. The van der Waals surface area contributed by atoms with Crippen molar-refractivity contribution < 1.29 is 5.11 Å². The van der Waals surface area contributed by atoms with E-state index in [-0.39, 0.29) is 0 Å². The van der Waals surface area contributed by atoms with E-state index in [1.54, 1.807) is 12.4 Å². The Kier molecular flexibility index (Phi) is 4.10. The van der Waals surface area contributed by atoms with Gasteiger partial charge < -0.3 is 5.11 Å². The normalized spacial score (nSPS) is 12.9. The fourth-order valence-corrected chi connectivity index (χ4v) is 1.88. The lowest BCUT2D eigenvalue weighted by Gasteiger charge is -2.09. The lowest BCUT2D eigenvalue weighted by molar-refractivity contribution is 0.174. The van der Waals surface area contributed by atoms with Crippen LogP contribution in [-0.4, -0.2) is 26.0 Å². The number of aromatic nitrogens is 3. The van der Waals surface area contributed by atoms with Crippen LogP contribution < -0.4 is 0 Å². The molecular formula is C14H19N3O. The second kappa shape index (κ2) is 5.78. The summed E-state index contributed by atoms with van der Waals surface area (Å²) in [4.78, 5) is 3.96. The largest absolute Gasteiger partial charge is 0.392 e. The van der Waals surface area contributed by atoms with E-state index >= 15 is 0 Å². The Labute approximate surface area is 107 Å². The highest BCUT2D eigenvalue weighted by Crippen LogP contribution is 2.09. The molecule has 0 spiro atoms. The molecule has 0 aliphatic heterocycles. The van der Waals surface area contributed by atoms with E-state index in [0.717, 1.165) is 11.3 Å². The topological polar surface area (TPSA) is 50.9 Å². The SMILES string of the molecule is CC(C)n1ccc(CC(O)Cc2ccncc2)n1. The number of hydrogen-bond donors (Lipinski definition) is 1. The van der Waals surface area contributed by atoms with Crippen LogP contribution in [0.5, 0.6) is 0 Å². The van der Waals surface area contributed by atoms with E-state index in [1.807, 2.05) is 29.1 Å².